The van der Waals surface area contributed by atoms with E-state index < -0.39 is 0 Å². The fourth-order valence-electron chi connectivity index (χ4n) is 7.08. The maximum absolute atomic E-state index is 13.2. The molecule has 46 heavy (non-hydrogen) atoms. The van der Waals surface area contributed by atoms with Gasteiger partial charge in [0.2, 0.25) is 12.5 Å². The highest BCUT2D eigenvalue weighted by atomic mass is 16.5. The average Bonchev–Trinajstić information content (AvgIpc) is 3.47. The summed E-state index contributed by atoms with van der Waals surface area (Å²) in [7, 11) is 6.06. The Bertz CT molecular complexity index is 1630. The minimum Gasteiger partial charge on any atom is -0.365 e. The molecule has 6 rings (SSSR count). The molecule has 4 heterocycles. The summed E-state index contributed by atoms with van der Waals surface area (Å²) in [6.07, 6.45) is 6.59. The number of piperazine rings is 1. The number of rotatable bonds is 9. The molecule has 1 amide bonds. The molecule has 2 saturated heterocycles. The quantitative estimate of drug-likeness (QED) is 0.261. The smallest absolute Gasteiger partial charge is 0.246 e. The Morgan fingerprint density at radius 2 is 1.93 bits per heavy atom. The van der Waals surface area contributed by atoms with E-state index in [9.17, 15) is 4.79 Å². The summed E-state index contributed by atoms with van der Waals surface area (Å²) < 4.78 is 6.35. The molecule has 1 aromatic heterocycles. The summed E-state index contributed by atoms with van der Waals surface area (Å²) in [5, 5.41) is 2.54. The zero-order valence-corrected chi connectivity index (χ0v) is 27.7. The van der Waals surface area contributed by atoms with Crippen molar-refractivity contribution in [1.82, 2.24) is 24.7 Å². The molecule has 3 aromatic rings. The van der Waals surface area contributed by atoms with Gasteiger partial charge < -0.3 is 29.2 Å². The van der Waals surface area contributed by atoms with Crippen molar-refractivity contribution in [2.24, 2.45) is 0 Å². The molecule has 0 unspecified atom stereocenters. The van der Waals surface area contributed by atoms with E-state index in [1.54, 1.807) is 6.08 Å². The number of carbonyl (C=O) groups is 1. The van der Waals surface area contributed by atoms with Gasteiger partial charge in [0.1, 0.15) is 24.7 Å². The lowest BCUT2D eigenvalue weighted by atomic mass is 9.99. The molecule has 3 aliphatic rings. The molecule has 2 aromatic carbocycles. The number of hydrogen-bond donors (Lipinski definition) is 0. The first-order valence-corrected chi connectivity index (χ1v) is 16.5. The second kappa shape index (κ2) is 14.2. The van der Waals surface area contributed by atoms with E-state index in [1.165, 1.54) is 27.6 Å². The number of aryl methyl sites for hydroxylation is 1. The number of likely N-dealkylation sites (tertiary alicyclic amines) is 1. The Hall–Kier alpha value is -4.04. The summed E-state index contributed by atoms with van der Waals surface area (Å²) in [4.78, 5) is 38.0. The van der Waals surface area contributed by atoms with Gasteiger partial charge in [0.05, 0.1) is 12.2 Å². The topological polar surface area (TPSA) is 72.6 Å². The van der Waals surface area contributed by atoms with Crippen LogP contribution in [0.5, 0.6) is 0 Å². The number of amides is 1. The normalized spacial score (nSPS) is 20.6. The van der Waals surface area contributed by atoms with E-state index in [2.05, 4.69) is 69.9 Å². The number of likely N-dealkylation sites (N-methyl/N-ethyl adjacent to an activating group) is 1. The second-order valence-electron chi connectivity index (χ2n) is 13.0. The van der Waals surface area contributed by atoms with Crippen LogP contribution < -0.4 is 9.80 Å². The molecule has 10 heteroatoms. The van der Waals surface area contributed by atoms with E-state index >= 15 is 0 Å². The lowest BCUT2D eigenvalue weighted by molar-refractivity contribution is -0.128. The molecular weight excluding hydrogens is 576 g/mol. The van der Waals surface area contributed by atoms with Crippen molar-refractivity contribution in [1.29, 1.82) is 0 Å². The van der Waals surface area contributed by atoms with E-state index in [4.69, 9.17) is 21.3 Å². The van der Waals surface area contributed by atoms with Crippen LogP contribution in [-0.4, -0.2) is 110 Å². The van der Waals surface area contributed by atoms with Crippen LogP contribution in [0.15, 0.2) is 48.6 Å². The SMILES string of the molecule is [C-]#[N+]C[C@H]1CN(c2nc(CO[C@@H]3CCCN3C)nc3c2CCN(c2cccc4cccc(C)c24)C3)CCN1C(=O)/C=C/CN(C)C. The van der Waals surface area contributed by atoms with Crippen molar-refractivity contribution in [3.63, 3.8) is 0 Å². The minimum atomic E-state index is -0.209. The van der Waals surface area contributed by atoms with Gasteiger partial charge in [0, 0.05) is 62.0 Å². The number of fused-ring (bicyclic) bond motifs is 2. The van der Waals surface area contributed by atoms with E-state index in [-0.39, 0.29) is 24.7 Å². The summed E-state index contributed by atoms with van der Waals surface area (Å²) in [5.74, 6) is 1.59. The van der Waals surface area contributed by atoms with Gasteiger partial charge in [-0.15, -0.1) is 0 Å². The molecule has 0 saturated carbocycles. The molecule has 2 fully saturated rings. The van der Waals surface area contributed by atoms with Crippen LogP contribution in [0.3, 0.4) is 0 Å². The molecule has 0 spiro atoms. The Labute approximate surface area is 273 Å². The van der Waals surface area contributed by atoms with Crippen molar-refractivity contribution in [3.05, 3.63) is 82.6 Å². The second-order valence-corrected chi connectivity index (χ2v) is 13.0. The fraction of sp³-hybridized carbons (Fsp3) is 0.500. The Morgan fingerprint density at radius 1 is 1.11 bits per heavy atom. The predicted molar refractivity (Wildman–Crippen MR) is 183 cm³/mol. The Balaban J connectivity index is 1.30. The van der Waals surface area contributed by atoms with Crippen molar-refractivity contribution in [2.75, 3.05) is 76.8 Å². The number of ether oxygens (including phenoxy) is 1. The van der Waals surface area contributed by atoms with Crippen LogP contribution in [0.1, 0.15) is 35.5 Å². The number of anilines is 2. The number of benzene rings is 2. The van der Waals surface area contributed by atoms with Crippen LogP contribution >= 0.6 is 0 Å². The summed E-state index contributed by atoms with van der Waals surface area (Å²) in [6.45, 7) is 15.5. The average molecular weight is 623 g/mol. The van der Waals surface area contributed by atoms with Crippen LogP contribution in [0.2, 0.25) is 0 Å². The van der Waals surface area contributed by atoms with Gasteiger partial charge in [-0.2, -0.15) is 0 Å². The third-order valence-electron chi connectivity index (χ3n) is 9.48. The van der Waals surface area contributed by atoms with Crippen molar-refractivity contribution in [2.45, 2.75) is 51.6 Å². The zero-order valence-electron chi connectivity index (χ0n) is 27.7. The van der Waals surface area contributed by atoms with E-state index in [1.807, 2.05) is 30.0 Å². The zero-order chi connectivity index (χ0) is 32.2. The van der Waals surface area contributed by atoms with Crippen molar-refractivity contribution < 1.29 is 9.53 Å². The first-order chi connectivity index (χ1) is 22.3. The highest BCUT2D eigenvalue weighted by Crippen LogP contribution is 2.35. The van der Waals surface area contributed by atoms with Gasteiger partial charge in [-0.1, -0.05) is 36.4 Å². The lowest BCUT2D eigenvalue weighted by Crippen LogP contribution is -2.56. The number of nitrogens with zero attached hydrogens (tertiary/aromatic N) is 8. The van der Waals surface area contributed by atoms with Gasteiger partial charge in [-0.25, -0.2) is 16.5 Å². The Kier molecular flexibility index (Phi) is 9.83. The highest BCUT2D eigenvalue weighted by Gasteiger charge is 2.35. The van der Waals surface area contributed by atoms with Gasteiger partial charge in [-0.05, 0) is 64.3 Å². The van der Waals surface area contributed by atoms with Gasteiger partial charge in [-0.3, -0.25) is 9.69 Å². The predicted octanol–water partition coefficient (Wildman–Crippen LogP) is 4.12. The molecule has 10 nitrogen and oxygen atoms in total. The maximum atomic E-state index is 13.2. The van der Waals surface area contributed by atoms with Crippen LogP contribution in [0.4, 0.5) is 11.5 Å². The molecule has 242 valence electrons. The van der Waals surface area contributed by atoms with Crippen molar-refractivity contribution >= 4 is 28.2 Å². The summed E-state index contributed by atoms with van der Waals surface area (Å²) in [6, 6.07) is 12.8. The molecule has 0 N–H and O–H groups in total. The number of carbonyl (C=O) groups excluding carboxylic acids is 1. The number of hydrogen-bond acceptors (Lipinski definition) is 8. The fourth-order valence-corrected chi connectivity index (χ4v) is 7.08. The highest BCUT2D eigenvalue weighted by molar-refractivity contribution is 5.97. The van der Waals surface area contributed by atoms with E-state index in [0.717, 1.165) is 43.9 Å². The molecule has 0 radical (unpaired) electrons. The molecule has 2 atom stereocenters. The monoisotopic (exact) mass is 622 g/mol. The van der Waals surface area contributed by atoms with Crippen molar-refractivity contribution in [3.8, 4) is 0 Å². The molecule has 3 aliphatic heterocycles. The Morgan fingerprint density at radius 3 is 2.70 bits per heavy atom. The van der Waals surface area contributed by atoms with E-state index in [0.29, 0.717) is 45.2 Å². The maximum Gasteiger partial charge on any atom is 0.246 e. The van der Waals surface area contributed by atoms with Gasteiger partial charge in [0.15, 0.2) is 5.82 Å². The summed E-state index contributed by atoms with van der Waals surface area (Å²) in [5.41, 5.74) is 4.71. The third-order valence-corrected chi connectivity index (χ3v) is 9.48. The number of aromatic nitrogens is 2. The van der Waals surface area contributed by atoms with Crippen LogP contribution in [-0.2, 0) is 29.1 Å². The third kappa shape index (κ3) is 6.87. The largest absolute Gasteiger partial charge is 0.365 e. The molecular formula is C36H46N8O2. The lowest BCUT2D eigenvalue weighted by Gasteiger charge is -2.41. The first kappa shape index (κ1) is 31.9. The molecule has 0 aliphatic carbocycles. The summed E-state index contributed by atoms with van der Waals surface area (Å²) >= 11 is 0. The first-order valence-electron chi connectivity index (χ1n) is 16.5. The molecule has 0 bridgehead atoms. The van der Waals surface area contributed by atoms with Gasteiger partial charge >= 0.3 is 0 Å². The standard InChI is InChI=1S/C36H46N8O2/c1-26-10-6-11-27-12-7-13-31(35(26)27)42-19-16-29-30(24-42)38-32(25-46-34-15-9-18-41(34)5)39-36(29)43-20-21-44(28(23-43)22-37-2)33(45)14-8-17-40(3)4/h6-8,10-14,28,34H,9,15-25H2,1,3-5H3/b14-8+/t28-,34+/m0/s1. The van der Waals surface area contributed by atoms with Crippen LogP contribution in [0, 0.1) is 13.5 Å². The van der Waals surface area contributed by atoms with Crippen LogP contribution in [0.25, 0.3) is 15.6 Å². The minimum absolute atomic E-state index is 0.0318. The van der Waals surface area contributed by atoms with Gasteiger partial charge in [0.25, 0.3) is 0 Å².